The second-order valence-electron chi connectivity index (χ2n) is 3.73. The minimum atomic E-state index is -0.472. The van der Waals surface area contributed by atoms with Crippen molar-refractivity contribution in [2.75, 3.05) is 25.1 Å². The van der Waals surface area contributed by atoms with Crippen LogP contribution in [0.4, 0.5) is 5.82 Å². The summed E-state index contributed by atoms with van der Waals surface area (Å²) in [5.41, 5.74) is 4.95. The number of nitrogens with one attached hydrogen (secondary N) is 1. The molecule has 1 aromatic heterocycles. The number of carbonyl (C=O) groups is 1. The lowest BCUT2D eigenvalue weighted by molar-refractivity contribution is -0.122. The Balaban J connectivity index is 1.93. The molecule has 3 N–H and O–H groups in total. The van der Waals surface area contributed by atoms with Gasteiger partial charge in [-0.2, -0.15) is 5.10 Å². The van der Waals surface area contributed by atoms with Gasteiger partial charge in [0.15, 0.2) is 5.82 Å². The number of amides is 1. The average molecular weight is 246 g/mol. The molecular weight excluding hydrogens is 232 g/mol. The van der Waals surface area contributed by atoms with E-state index in [-0.39, 0.29) is 6.61 Å². The molecule has 0 saturated heterocycles. The summed E-state index contributed by atoms with van der Waals surface area (Å²) in [6.07, 6.45) is 1.71. The third-order valence-electron chi connectivity index (χ3n) is 2.35. The van der Waals surface area contributed by atoms with Gasteiger partial charge in [-0.05, 0) is 0 Å². The lowest BCUT2D eigenvalue weighted by Gasteiger charge is -2.07. The van der Waals surface area contributed by atoms with Crippen LogP contribution in [0, 0.1) is 0 Å². The molecule has 1 aromatic carbocycles. The zero-order valence-electron chi connectivity index (χ0n) is 9.80. The van der Waals surface area contributed by atoms with Gasteiger partial charge in [-0.15, -0.1) is 5.10 Å². The zero-order valence-corrected chi connectivity index (χ0v) is 9.80. The molecule has 2 rings (SSSR count). The molecule has 0 unspecified atom stereocenters. The van der Waals surface area contributed by atoms with E-state index in [0.717, 1.165) is 10.8 Å². The third kappa shape index (κ3) is 3.14. The minimum absolute atomic E-state index is 0.0666. The van der Waals surface area contributed by atoms with Gasteiger partial charge in [0.25, 0.3) is 0 Å². The molecule has 0 saturated carbocycles. The van der Waals surface area contributed by atoms with E-state index in [4.69, 9.17) is 10.5 Å². The van der Waals surface area contributed by atoms with E-state index in [1.165, 1.54) is 0 Å². The van der Waals surface area contributed by atoms with Gasteiger partial charge in [0.2, 0.25) is 5.91 Å². The van der Waals surface area contributed by atoms with Crippen molar-refractivity contribution in [2.24, 2.45) is 5.73 Å². The molecular formula is C12H14N4O2. The number of hydrogen-bond donors (Lipinski definition) is 2. The lowest BCUT2D eigenvalue weighted by atomic mass is 10.2. The molecule has 1 heterocycles. The number of aromatic nitrogens is 2. The molecule has 0 aliphatic carbocycles. The number of carbonyl (C=O) groups excluding carboxylic acids is 1. The van der Waals surface area contributed by atoms with Crippen molar-refractivity contribution in [3.8, 4) is 0 Å². The number of nitrogens with zero attached hydrogens (tertiary/aromatic N) is 2. The smallest absolute Gasteiger partial charge is 0.243 e. The Bertz CT molecular complexity index is 539. The van der Waals surface area contributed by atoms with Gasteiger partial charge in [0.05, 0.1) is 12.8 Å². The van der Waals surface area contributed by atoms with Crippen LogP contribution in [0.3, 0.4) is 0 Å². The highest BCUT2D eigenvalue weighted by molar-refractivity contribution is 5.90. The molecule has 0 radical (unpaired) electrons. The SMILES string of the molecule is NC(=O)COCCNc1nncc2ccccc12. The van der Waals surface area contributed by atoms with Crippen LogP contribution in [-0.4, -0.2) is 35.9 Å². The number of anilines is 1. The fourth-order valence-corrected chi connectivity index (χ4v) is 1.57. The fraction of sp³-hybridized carbons (Fsp3) is 0.250. The number of rotatable bonds is 6. The first-order valence-electron chi connectivity index (χ1n) is 5.58. The second kappa shape index (κ2) is 5.92. The van der Waals surface area contributed by atoms with Crippen molar-refractivity contribution in [1.29, 1.82) is 0 Å². The van der Waals surface area contributed by atoms with E-state index in [9.17, 15) is 4.79 Å². The first-order chi connectivity index (χ1) is 8.77. The summed E-state index contributed by atoms with van der Waals surface area (Å²) in [5.74, 6) is 0.232. The van der Waals surface area contributed by atoms with Gasteiger partial charge < -0.3 is 15.8 Å². The van der Waals surface area contributed by atoms with Gasteiger partial charge in [-0.3, -0.25) is 4.79 Å². The Morgan fingerprint density at radius 1 is 1.39 bits per heavy atom. The van der Waals surface area contributed by atoms with Crippen molar-refractivity contribution in [3.63, 3.8) is 0 Å². The molecule has 1 amide bonds. The lowest BCUT2D eigenvalue weighted by Crippen LogP contribution is -2.20. The van der Waals surface area contributed by atoms with E-state index in [0.29, 0.717) is 19.0 Å². The molecule has 0 spiro atoms. The van der Waals surface area contributed by atoms with Gasteiger partial charge in [-0.1, -0.05) is 24.3 Å². The quantitative estimate of drug-likeness (QED) is 0.726. The van der Waals surface area contributed by atoms with E-state index >= 15 is 0 Å². The van der Waals surface area contributed by atoms with Crippen LogP contribution in [-0.2, 0) is 9.53 Å². The van der Waals surface area contributed by atoms with Crippen LogP contribution in [0.15, 0.2) is 30.5 Å². The molecule has 2 aromatic rings. The van der Waals surface area contributed by atoms with Crippen LogP contribution in [0.1, 0.15) is 0 Å². The summed E-state index contributed by atoms with van der Waals surface area (Å²) < 4.78 is 5.04. The van der Waals surface area contributed by atoms with Crippen molar-refractivity contribution in [2.45, 2.75) is 0 Å². The monoisotopic (exact) mass is 246 g/mol. The van der Waals surface area contributed by atoms with E-state index < -0.39 is 5.91 Å². The van der Waals surface area contributed by atoms with Gasteiger partial charge in [-0.25, -0.2) is 0 Å². The minimum Gasteiger partial charge on any atom is -0.370 e. The van der Waals surface area contributed by atoms with E-state index in [2.05, 4.69) is 15.5 Å². The van der Waals surface area contributed by atoms with Gasteiger partial charge >= 0.3 is 0 Å². The number of benzene rings is 1. The van der Waals surface area contributed by atoms with Crippen LogP contribution in [0.5, 0.6) is 0 Å². The molecule has 6 nitrogen and oxygen atoms in total. The summed E-state index contributed by atoms with van der Waals surface area (Å²) in [5, 5.41) is 13.1. The van der Waals surface area contributed by atoms with Crippen LogP contribution < -0.4 is 11.1 Å². The Morgan fingerprint density at radius 2 is 2.22 bits per heavy atom. The van der Waals surface area contributed by atoms with Gasteiger partial charge in [0.1, 0.15) is 6.61 Å². The first kappa shape index (κ1) is 12.3. The number of ether oxygens (including phenoxy) is 1. The van der Waals surface area contributed by atoms with Crippen LogP contribution >= 0.6 is 0 Å². The summed E-state index contributed by atoms with van der Waals surface area (Å²) in [4.78, 5) is 10.5. The Hall–Kier alpha value is -2.21. The van der Waals surface area contributed by atoms with E-state index in [1.54, 1.807) is 6.20 Å². The largest absolute Gasteiger partial charge is 0.370 e. The van der Waals surface area contributed by atoms with E-state index in [1.807, 2.05) is 24.3 Å². The molecule has 0 aliphatic rings. The number of hydrogen-bond acceptors (Lipinski definition) is 5. The number of primary amides is 1. The first-order valence-corrected chi connectivity index (χ1v) is 5.58. The normalized spacial score (nSPS) is 10.4. The van der Waals surface area contributed by atoms with Crippen molar-refractivity contribution >= 4 is 22.5 Å². The standard InChI is InChI=1S/C12H14N4O2/c13-11(17)8-18-6-5-14-12-10-4-2-1-3-9(10)7-15-16-12/h1-4,7H,5-6,8H2,(H2,13,17)(H,14,16). The summed E-state index contributed by atoms with van der Waals surface area (Å²) in [7, 11) is 0. The van der Waals surface area contributed by atoms with Crippen molar-refractivity contribution in [3.05, 3.63) is 30.5 Å². The zero-order chi connectivity index (χ0) is 12.8. The predicted molar refractivity (Wildman–Crippen MR) is 68.0 cm³/mol. The Morgan fingerprint density at radius 3 is 3.06 bits per heavy atom. The maximum Gasteiger partial charge on any atom is 0.243 e. The molecule has 0 fully saturated rings. The third-order valence-corrected chi connectivity index (χ3v) is 2.35. The molecule has 6 heteroatoms. The number of fused-ring (bicyclic) bond motifs is 1. The molecule has 0 aliphatic heterocycles. The molecule has 18 heavy (non-hydrogen) atoms. The molecule has 94 valence electrons. The van der Waals surface area contributed by atoms with Crippen LogP contribution in [0.2, 0.25) is 0 Å². The highest BCUT2D eigenvalue weighted by Crippen LogP contribution is 2.18. The average Bonchev–Trinajstić information content (AvgIpc) is 2.38. The summed E-state index contributed by atoms with van der Waals surface area (Å²) >= 11 is 0. The molecule has 0 atom stereocenters. The molecule has 0 bridgehead atoms. The highest BCUT2D eigenvalue weighted by atomic mass is 16.5. The van der Waals surface area contributed by atoms with Crippen molar-refractivity contribution < 1.29 is 9.53 Å². The second-order valence-corrected chi connectivity index (χ2v) is 3.73. The van der Waals surface area contributed by atoms with Gasteiger partial charge in [0, 0.05) is 17.3 Å². The fourth-order valence-electron chi connectivity index (χ4n) is 1.57. The highest BCUT2D eigenvalue weighted by Gasteiger charge is 2.01. The predicted octanol–water partition coefficient (Wildman–Crippen LogP) is 0.544. The topological polar surface area (TPSA) is 90.1 Å². The summed E-state index contributed by atoms with van der Waals surface area (Å²) in [6.45, 7) is 0.854. The maximum absolute atomic E-state index is 10.5. The Labute approximate surface area is 104 Å². The Kier molecular flexibility index (Phi) is 4.03. The van der Waals surface area contributed by atoms with Crippen molar-refractivity contribution in [1.82, 2.24) is 10.2 Å². The van der Waals surface area contributed by atoms with Crippen LogP contribution in [0.25, 0.3) is 10.8 Å². The maximum atomic E-state index is 10.5. The summed E-state index contributed by atoms with van der Waals surface area (Å²) in [6, 6.07) is 7.83. The number of nitrogens with two attached hydrogens (primary N) is 1.